The molecule has 0 aliphatic rings. The molecule has 0 aliphatic carbocycles. The predicted octanol–water partition coefficient (Wildman–Crippen LogP) is 3.84. The largest absolute Gasteiger partial charge is 0.351 e. The third-order valence-corrected chi connectivity index (χ3v) is 4.51. The van der Waals surface area contributed by atoms with E-state index in [-0.39, 0.29) is 5.91 Å². The minimum absolute atomic E-state index is 0.0229. The van der Waals surface area contributed by atoms with E-state index < -0.39 is 0 Å². The highest BCUT2D eigenvalue weighted by Crippen LogP contribution is 2.23. The maximum Gasteiger partial charge on any atom is 0.274 e. The third-order valence-electron chi connectivity index (χ3n) is 4.51. The van der Waals surface area contributed by atoms with Gasteiger partial charge in [-0.1, -0.05) is 35.0 Å². The van der Waals surface area contributed by atoms with E-state index >= 15 is 0 Å². The summed E-state index contributed by atoms with van der Waals surface area (Å²) in [5.41, 5.74) is 3.69. The van der Waals surface area contributed by atoms with Gasteiger partial charge in [0.05, 0.1) is 0 Å². The van der Waals surface area contributed by atoms with Gasteiger partial charge < -0.3 is 14.4 Å². The minimum Gasteiger partial charge on any atom is -0.351 e. The zero-order chi connectivity index (χ0) is 18.8. The lowest BCUT2D eigenvalue weighted by Gasteiger charge is -2.15. The lowest BCUT2D eigenvalue weighted by molar-refractivity contribution is 0.0796. The predicted molar refractivity (Wildman–Crippen MR) is 103 cm³/mol. The molecule has 136 valence electrons. The van der Waals surface area contributed by atoms with Gasteiger partial charge in [0.15, 0.2) is 5.82 Å². The first-order valence-electron chi connectivity index (χ1n) is 8.83. The second-order valence-electron chi connectivity index (χ2n) is 6.63. The summed E-state index contributed by atoms with van der Waals surface area (Å²) in [6.45, 7) is 2.57. The molecule has 4 aromatic rings. The molecular formula is C21H20N4O2. The number of amides is 1. The lowest BCUT2D eigenvalue weighted by Crippen LogP contribution is -2.29. The number of fused-ring (bicyclic) bond motifs is 1. The van der Waals surface area contributed by atoms with Crippen LogP contribution >= 0.6 is 0 Å². The van der Waals surface area contributed by atoms with Crippen LogP contribution in [0.5, 0.6) is 0 Å². The first-order chi connectivity index (χ1) is 13.1. The average molecular weight is 360 g/mol. The van der Waals surface area contributed by atoms with Crippen molar-refractivity contribution < 1.29 is 9.32 Å². The Labute approximate surface area is 156 Å². The number of H-pyrrole nitrogens is 1. The molecule has 0 unspecified atom stereocenters. The second-order valence-corrected chi connectivity index (χ2v) is 6.63. The average Bonchev–Trinajstić information content (AvgIpc) is 3.32. The molecule has 0 fully saturated rings. The number of nitrogens with zero attached hydrogens (tertiary/aromatic N) is 3. The fourth-order valence-electron chi connectivity index (χ4n) is 3.00. The number of hydrogen-bond donors (Lipinski definition) is 1. The summed E-state index contributed by atoms with van der Waals surface area (Å²) in [5, 5.41) is 5.15. The Morgan fingerprint density at radius 2 is 1.96 bits per heavy atom. The van der Waals surface area contributed by atoms with E-state index in [0.717, 1.165) is 16.6 Å². The molecule has 1 N–H and O–H groups in total. The highest BCUT2D eigenvalue weighted by Gasteiger charge is 2.15. The number of hydrogen-bond acceptors (Lipinski definition) is 4. The van der Waals surface area contributed by atoms with Gasteiger partial charge in [-0.3, -0.25) is 4.79 Å². The maximum absolute atomic E-state index is 12.4. The van der Waals surface area contributed by atoms with Crippen molar-refractivity contribution in [3.8, 4) is 11.6 Å². The summed E-state index contributed by atoms with van der Waals surface area (Å²) in [6, 6.07) is 17.4. The topological polar surface area (TPSA) is 75.0 Å². The van der Waals surface area contributed by atoms with Crippen molar-refractivity contribution in [2.75, 3.05) is 13.6 Å². The van der Waals surface area contributed by atoms with Gasteiger partial charge in [-0.15, -0.1) is 0 Å². The Kier molecular flexibility index (Phi) is 4.46. The van der Waals surface area contributed by atoms with Crippen LogP contribution in [0, 0.1) is 6.92 Å². The van der Waals surface area contributed by atoms with Crippen LogP contribution in [-0.4, -0.2) is 39.5 Å². The van der Waals surface area contributed by atoms with Gasteiger partial charge in [0.1, 0.15) is 5.69 Å². The van der Waals surface area contributed by atoms with Crippen LogP contribution in [0.4, 0.5) is 0 Å². The quantitative estimate of drug-likeness (QED) is 0.587. The van der Waals surface area contributed by atoms with Crippen LogP contribution < -0.4 is 0 Å². The normalized spacial score (nSPS) is 11.0. The molecule has 2 heterocycles. The Hall–Kier alpha value is -3.41. The summed E-state index contributed by atoms with van der Waals surface area (Å²) < 4.78 is 5.39. The number of aromatic nitrogens is 3. The first-order valence-corrected chi connectivity index (χ1v) is 8.83. The molecule has 0 aliphatic heterocycles. The molecule has 2 aromatic heterocycles. The SMILES string of the molecule is Cc1ccc2[nH]c(-c3nc(CCN(C)C(=O)c4ccccc4)no3)cc2c1. The zero-order valence-corrected chi connectivity index (χ0v) is 15.3. The van der Waals surface area contributed by atoms with E-state index in [1.54, 1.807) is 11.9 Å². The summed E-state index contributed by atoms with van der Waals surface area (Å²) in [7, 11) is 1.77. The summed E-state index contributed by atoms with van der Waals surface area (Å²) in [4.78, 5) is 21.8. The minimum atomic E-state index is -0.0229. The molecule has 6 nitrogen and oxygen atoms in total. The Morgan fingerprint density at radius 1 is 1.15 bits per heavy atom. The van der Waals surface area contributed by atoms with E-state index in [1.807, 2.05) is 42.5 Å². The standard InChI is InChI=1S/C21H20N4O2/c1-14-8-9-17-16(12-14)13-18(22-17)20-23-19(24-27-20)10-11-25(2)21(26)15-6-4-3-5-7-15/h3-9,12-13,22H,10-11H2,1-2H3. The van der Waals surface area contributed by atoms with Crippen LogP contribution in [0.3, 0.4) is 0 Å². The summed E-state index contributed by atoms with van der Waals surface area (Å²) >= 11 is 0. The molecule has 27 heavy (non-hydrogen) atoms. The van der Waals surface area contributed by atoms with Gasteiger partial charge in [-0.2, -0.15) is 4.98 Å². The van der Waals surface area contributed by atoms with E-state index in [4.69, 9.17) is 4.52 Å². The molecule has 0 bridgehead atoms. The number of carbonyl (C=O) groups is 1. The number of aryl methyl sites for hydroxylation is 1. The van der Waals surface area contributed by atoms with Gasteiger partial charge >= 0.3 is 0 Å². The van der Waals surface area contributed by atoms with Gasteiger partial charge in [-0.05, 0) is 37.3 Å². The molecule has 2 aromatic carbocycles. The van der Waals surface area contributed by atoms with Crippen LogP contribution in [0.1, 0.15) is 21.7 Å². The lowest BCUT2D eigenvalue weighted by atomic mass is 10.2. The smallest absolute Gasteiger partial charge is 0.274 e. The monoisotopic (exact) mass is 360 g/mol. The van der Waals surface area contributed by atoms with E-state index in [2.05, 4.69) is 34.2 Å². The van der Waals surface area contributed by atoms with Gasteiger partial charge in [0.2, 0.25) is 0 Å². The number of aromatic amines is 1. The molecule has 0 radical (unpaired) electrons. The molecule has 1 amide bonds. The van der Waals surface area contributed by atoms with Gasteiger partial charge in [0.25, 0.3) is 11.8 Å². The molecule has 0 saturated heterocycles. The zero-order valence-electron chi connectivity index (χ0n) is 15.3. The Bertz CT molecular complexity index is 1080. The van der Waals surface area contributed by atoms with Gasteiger partial charge in [-0.25, -0.2) is 0 Å². The van der Waals surface area contributed by atoms with E-state index in [9.17, 15) is 4.79 Å². The molecule has 0 saturated carbocycles. The van der Waals surface area contributed by atoms with Crippen molar-refractivity contribution in [2.45, 2.75) is 13.3 Å². The Balaban J connectivity index is 1.44. The number of benzene rings is 2. The molecule has 0 spiro atoms. The molecule has 4 rings (SSSR count). The van der Waals surface area contributed by atoms with Crippen molar-refractivity contribution in [3.05, 3.63) is 71.5 Å². The Morgan fingerprint density at radius 3 is 2.78 bits per heavy atom. The van der Waals surface area contributed by atoms with Crippen molar-refractivity contribution in [1.82, 2.24) is 20.0 Å². The number of carbonyl (C=O) groups excluding carboxylic acids is 1. The van der Waals surface area contributed by atoms with Crippen LogP contribution in [0.15, 0.2) is 59.1 Å². The van der Waals surface area contributed by atoms with Crippen LogP contribution in [-0.2, 0) is 6.42 Å². The van der Waals surface area contributed by atoms with E-state index in [1.165, 1.54) is 5.56 Å². The highest BCUT2D eigenvalue weighted by molar-refractivity contribution is 5.94. The van der Waals surface area contributed by atoms with Crippen molar-refractivity contribution in [2.24, 2.45) is 0 Å². The van der Waals surface area contributed by atoms with Crippen molar-refractivity contribution in [1.29, 1.82) is 0 Å². The second kappa shape index (κ2) is 7.07. The summed E-state index contributed by atoms with van der Waals surface area (Å²) in [6.07, 6.45) is 0.526. The van der Waals surface area contributed by atoms with Crippen molar-refractivity contribution in [3.63, 3.8) is 0 Å². The van der Waals surface area contributed by atoms with Crippen LogP contribution in [0.2, 0.25) is 0 Å². The third kappa shape index (κ3) is 3.60. The molecule has 6 heteroatoms. The number of rotatable bonds is 5. The van der Waals surface area contributed by atoms with Crippen LogP contribution in [0.25, 0.3) is 22.5 Å². The van der Waals surface area contributed by atoms with Gasteiger partial charge in [0, 0.05) is 36.5 Å². The summed E-state index contributed by atoms with van der Waals surface area (Å²) in [5.74, 6) is 1.01. The molecule has 0 atom stereocenters. The van der Waals surface area contributed by atoms with E-state index in [0.29, 0.717) is 30.2 Å². The maximum atomic E-state index is 12.4. The highest BCUT2D eigenvalue weighted by atomic mass is 16.5. The number of likely N-dealkylation sites (N-methyl/N-ethyl adjacent to an activating group) is 1. The molecular weight excluding hydrogens is 340 g/mol. The fourth-order valence-corrected chi connectivity index (χ4v) is 3.00. The number of nitrogens with one attached hydrogen (secondary N) is 1. The first kappa shape index (κ1) is 17.0. The van der Waals surface area contributed by atoms with Crippen molar-refractivity contribution >= 4 is 16.8 Å². The fraction of sp³-hybridized carbons (Fsp3) is 0.190.